The van der Waals surface area contributed by atoms with E-state index in [1.54, 1.807) is 12.1 Å². The number of aromatic nitrogens is 2. The Labute approximate surface area is 160 Å². The number of carbonyl (C=O) groups is 2. The number of aliphatic carboxylic acids is 1. The predicted molar refractivity (Wildman–Crippen MR) is 96.6 cm³/mol. The van der Waals surface area contributed by atoms with Gasteiger partial charge in [-0.15, -0.1) is 0 Å². The highest BCUT2D eigenvalue weighted by molar-refractivity contribution is 5.97. The normalized spacial score (nSPS) is 11.6. The number of hydrogen-bond donors (Lipinski definition) is 2. The lowest BCUT2D eigenvalue weighted by Crippen LogP contribution is -2.32. The molecule has 1 unspecified atom stereocenters. The molecule has 0 aliphatic carbocycles. The van der Waals surface area contributed by atoms with Gasteiger partial charge in [0.05, 0.1) is 31.6 Å². The molecule has 0 spiro atoms. The molecule has 150 valence electrons. The third-order valence-electron chi connectivity index (χ3n) is 4.08. The maximum absolute atomic E-state index is 12.7. The second-order valence-corrected chi connectivity index (χ2v) is 5.90. The highest BCUT2D eigenvalue weighted by atomic mass is 16.6. The van der Waals surface area contributed by atoms with Crippen molar-refractivity contribution < 1.29 is 29.1 Å². The van der Waals surface area contributed by atoms with Crippen molar-refractivity contribution in [2.24, 2.45) is 7.05 Å². The van der Waals surface area contributed by atoms with Crippen LogP contribution in [-0.2, 0) is 11.8 Å². The minimum atomic E-state index is -1.16. The first-order chi connectivity index (χ1) is 13.2. The van der Waals surface area contributed by atoms with E-state index in [9.17, 15) is 24.8 Å². The van der Waals surface area contributed by atoms with Crippen LogP contribution in [0.4, 0.5) is 5.69 Å². The highest BCUT2D eigenvalue weighted by Crippen LogP contribution is 2.31. The van der Waals surface area contributed by atoms with Gasteiger partial charge in [-0.3, -0.25) is 24.4 Å². The lowest BCUT2D eigenvalue weighted by Gasteiger charge is -2.19. The summed E-state index contributed by atoms with van der Waals surface area (Å²) in [5.41, 5.74) is -0.173. The Kier molecular flexibility index (Phi) is 6.18. The Hall–Kier alpha value is -3.63. The summed E-state index contributed by atoms with van der Waals surface area (Å²) in [6.07, 6.45) is -0.439. The fourth-order valence-electron chi connectivity index (χ4n) is 2.84. The van der Waals surface area contributed by atoms with Gasteiger partial charge >= 0.3 is 11.7 Å². The van der Waals surface area contributed by atoms with Gasteiger partial charge in [-0.05, 0) is 24.6 Å². The van der Waals surface area contributed by atoms with Crippen molar-refractivity contribution in [3.8, 4) is 11.5 Å². The zero-order valence-electron chi connectivity index (χ0n) is 15.8. The third-order valence-corrected chi connectivity index (χ3v) is 4.08. The molecular weight excluding hydrogens is 372 g/mol. The lowest BCUT2D eigenvalue weighted by molar-refractivity contribution is -0.385. The molecular formula is C17H20N4O7. The largest absolute Gasteiger partial charge is 0.493 e. The van der Waals surface area contributed by atoms with Crippen molar-refractivity contribution in [3.63, 3.8) is 0 Å². The summed E-state index contributed by atoms with van der Waals surface area (Å²) in [4.78, 5) is 34.6. The molecule has 0 bridgehead atoms. The lowest BCUT2D eigenvalue weighted by atomic mass is 10.0. The van der Waals surface area contributed by atoms with Gasteiger partial charge < -0.3 is 19.9 Å². The second kappa shape index (κ2) is 8.37. The standard InChI is InChI=1S/C17H20N4O7/c1-9-15(21(25)26)16(20(2)19-9)17(24)18-11(8-14(22)23)10-5-6-12(27-3)13(7-10)28-4/h5-7,11H,8H2,1-4H3,(H,18,24)(H,22,23). The van der Waals surface area contributed by atoms with Gasteiger partial charge in [0.15, 0.2) is 11.5 Å². The minimum absolute atomic E-state index is 0.0820. The van der Waals surface area contributed by atoms with Crippen LogP contribution in [0.5, 0.6) is 11.5 Å². The molecule has 11 nitrogen and oxygen atoms in total. The van der Waals surface area contributed by atoms with Crippen molar-refractivity contribution in [2.45, 2.75) is 19.4 Å². The average molecular weight is 392 g/mol. The number of ether oxygens (including phenoxy) is 2. The first-order valence-electron chi connectivity index (χ1n) is 8.12. The smallest absolute Gasteiger partial charge is 0.322 e. The van der Waals surface area contributed by atoms with E-state index >= 15 is 0 Å². The fourth-order valence-corrected chi connectivity index (χ4v) is 2.84. The molecule has 2 N–H and O–H groups in total. The van der Waals surface area contributed by atoms with Crippen LogP contribution in [0.3, 0.4) is 0 Å². The zero-order valence-corrected chi connectivity index (χ0v) is 15.8. The molecule has 0 fully saturated rings. The maximum Gasteiger partial charge on any atom is 0.322 e. The predicted octanol–water partition coefficient (Wildman–Crippen LogP) is 1.60. The minimum Gasteiger partial charge on any atom is -0.493 e. The van der Waals surface area contributed by atoms with E-state index in [1.165, 1.54) is 34.3 Å². The van der Waals surface area contributed by atoms with Gasteiger partial charge in [0.25, 0.3) is 5.91 Å². The summed E-state index contributed by atoms with van der Waals surface area (Å²) in [6.45, 7) is 1.41. The van der Waals surface area contributed by atoms with Gasteiger partial charge in [0.1, 0.15) is 5.69 Å². The Morgan fingerprint density at radius 2 is 1.96 bits per heavy atom. The first-order valence-corrected chi connectivity index (χ1v) is 8.12. The number of nitrogens with one attached hydrogen (secondary N) is 1. The van der Waals surface area contributed by atoms with Crippen molar-refractivity contribution in [2.75, 3.05) is 14.2 Å². The fraction of sp³-hybridized carbons (Fsp3) is 0.353. The molecule has 0 aliphatic rings. The number of amides is 1. The summed E-state index contributed by atoms with van der Waals surface area (Å²) in [5, 5.41) is 27.0. The van der Waals surface area contributed by atoms with E-state index in [-0.39, 0.29) is 11.4 Å². The zero-order chi connectivity index (χ0) is 21.0. The third kappa shape index (κ3) is 4.19. The second-order valence-electron chi connectivity index (χ2n) is 5.90. The molecule has 1 atom stereocenters. The number of benzene rings is 1. The van der Waals surface area contributed by atoms with Crippen molar-refractivity contribution in [1.82, 2.24) is 15.1 Å². The van der Waals surface area contributed by atoms with Gasteiger partial charge in [0.2, 0.25) is 5.69 Å². The van der Waals surface area contributed by atoms with Gasteiger partial charge in [0, 0.05) is 7.05 Å². The Morgan fingerprint density at radius 3 is 2.50 bits per heavy atom. The number of carbonyl (C=O) groups excluding carboxylic acids is 1. The number of rotatable bonds is 8. The molecule has 0 saturated carbocycles. The Bertz CT molecular complexity index is 922. The average Bonchev–Trinajstić information content (AvgIpc) is 2.94. The summed E-state index contributed by atoms with van der Waals surface area (Å²) in [6, 6.07) is 3.74. The molecule has 2 aromatic rings. The van der Waals surface area contributed by atoms with Crippen LogP contribution in [0.25, 0.3) is 0 Å². The van der Waals surface area contributed by atoms with E-state index in [0.717, 1.165) is 4.68 Å². The maximum atomic E-state index is 12.7. The first kappa shape index (κ1) is 20.7. The number of nitrogens with zero attached hydrogens (tertiary/aromatic N) is 3. The topological polar surface area (TPSA) is 146 Å². The molecule has 1 amide bonds. The van der Waals surface area contributed by atoms with Crippen molar-refractivity contribution >= 4 is 17.6 Å². The van der Waals surface area contributed by atoms with Gasteiger partial charge in [-0.2, -0.15) is 5.10 Å². The number of carboxylic acids is 1. The summed E-state index contributed by atoms with van der Waals surface area (Å²) in [7, 11) is 4.28. The number of hydrogen-bond acceptors (Lipinski definition) is 7. The van der Waals surface area contributed by atoms with Crippen LogP contribution in [-0.4, -0.2) is 45.9 Å². The van der Waals surface area contributed by atoms with Gasteiger partial charge in [-0.1, -0.05) is 6.07 Å². The summed E-state index contributed by atoms with van der Waals surface area (Å²) < 4.78 is 11.4. The van der Waals surface area contributed by atoms with Crippen LogP contribution >= 0.6 is 0 Å². The molecule has 0 saturated heterocycles. The number of methoxy groups -OCH3 is 2. The van der Waals surface area contributed by atoms with Crippen LogP contribution in [0.15, 0.2) is 18.2 Å². The quantitative estimate of drug-likeness (QED) is 0.509. The van der Waals surface area contributed by atoms with E-state index in [1.807, 2.05) is 0 Å². The molecule has 1 aromatic carbocycles. The molecule has 1 aromatic heterocycles. The number of aryl methyl sites for hydroxylation is 2. The Morgan fingerprint density at radius 1 is 1.32 bits per heavy atom. The molecule has 11 heteroatoms. The van der Waals surface area contributed by atoms with Crippen molar-refractivity contribution in [1.29, 1.82) is 0 Å². The Balaban J connectivity index is 2.42. The van der Waals surface area contributed by atoms with E-state index in [2.05, 4.69) is 10.4 Å². The van der Waals surface area contributed by atoms with Gasteiger partial charge in [-0.25, -0.2) is 0 Å². The number of nitro groups is 1. The molecule has 0 radical (unpaired) electrons. The SMILES string of the molecule is COc1ccc(C(CC(=O)O)NC(=O)c2c([N+](=O)[O-])c(C)nn2C)cc1OC. The van der Waals surface area contributed by atoms with E-state index < -0.39 is 34.9 Å². The van der Waals surface area contributed by atoms with Crippen molar-refractivity contribution in [3.05, 3.63) is 45.3 Å². The summed E-state index contributed by atoms with van der Waals surface area (Å²) in [5.74, 6) is -1.18. The highest BCUT2D eigenvalue weighted by Gasteiger charge is 2.31. The summed E-state index contributed by atoms with van der Waals surface area (Å²) >= 11 is 0. The van der Waals surface area contributed by atoms with Crippen LogP contribution in [0.1, 0.15) is 34.2 Å². The molecule has 1 heterocycles. The van der Waals surface area contributed by atoms with E-state index in [0.29, 0.717) is 17.1 Å². The molecule has 0 aliphatic heterocycles. The molecule has 28 heavy (non-hydrogen) atoms. The number of carboxylic acid groups (broad SMARTS) is 1. The van der Waals surface area contributed by atoms with Crippen LogP contribution in [0, 0.1) is 17.0 Å². The molecule has 2 rings (SSSR count). The monoisotopic (exact) mass is 392 g/mol. The van der Waals surface area contributed by atoms with Crippen LogP contribution < -0.4 is 14.8 Å². The van der Waals surface area contributed by atoms with Crippen LogP contribution in [0.2, 0.25) is 0 Å². The van der Waals surface area contributed by atoms with E-state index in [4.69, 9.17) is 9.47 Å².